The van der Waals surface area contributed by atoms with Gasteiger partial charge in [-0.1, -0.05) is 0 Å². The van der Waals surface area contributed by atoms with Gasteiger partial charge in [-0.15, -0.1) is 0 Å². The van der Waals surface area contributed by atoms with Crippen LogP contribution in [-0.2, 0) is 13.0 Å². The highest BCUT2D eigenvalue weighted by Gasteiger charge is 2.14. The lowest BCUT2D eigenvalue weighted by molar-refractivity contribution is 0.512. The summed E-state index contributed by atoms with van der Waals surface area (Å²) in [5, 5.41) is 0. The summed E-state index contributed by atoms with van der Waals surface area (Å²) in [6.07, 6.45) is 6.26. The average molecular weight is 310 g/mol. The first-order chi connectivity index (χ1) is 8.74. The SMILES string of the molecule is CCn1ccnc1CC(NN)c1ccc(Br)cn1. The van der Waals surface area contributed by atoms with Crippen LogP contribution < -0.4 is 11.3 Å². The summed E-state index contributed by atoms with van der Waals surface area (Å²) < 4.78 is 3.06. The monoisotopic (exact) mass is 309 g/mol. The number of hydrogen-bond acceptors (Lipinski definition) is 4. The fraction of sp³-hybridized carbons (Fsp3) is 0.333. The zero-order chi connectivity index (χ0) is 13.0. The summed E-state index contributed by atoms with van der Waals surface area (Å²) in [7, 11) is 0. The van der Waals surface area contributed by atoms with Gasteiger partial charge in [0.2, 0.25) is 0 Å². The Hall–Kier alpha value is -1.24. The molecule has 1 unspecified atom stereocenters. The van der Waals surface area contributed by atoms with E-state index in [0.717, 1.165) is 22.5 Å². The molecule has 0 aliphatic carbocycles. The smallest absolute Gasteiger partial charge is 0.110 e. The number of halogens is 1. The van der Waals surface area contributed by atoms with E-state index in [9.17, 15) is 0 Å². The van der Waals surface area contributed by atoms with Crippen LogP contribution in [0.5, 0.6) is 0 Å². The first kappa shape index (κ1) is 13.2. The van der Waals surface area contributed by atoms with Crippen LogP contribution in [0, 0.1) is 0 Å². The number of imidazole rings is 1. The number of nitrogens with zero attached hydrogens (tertiary/aromatic N) is 3. The van der Waals surface area contributed by atoms with Crippen LogP contribution in [-0.4, -0.2) is 14.5 Å². The standard InChI is InChI=1S/C12H16BrN5/c1-2-18-6-5-15-12(18)7-11(17-14)10-4-3-9(13)8-16-10/h3-6,8,11,17H,2,7,14H2,1H3. The lowest BCUT2D eigenvalue weighted by Gasteiger charge is -2.15. The van der Waals surface area contributed by atoms with Gasteiger partial charge < -0.3 is 4.57 Å². The van der Waals surface area contributed by atoms with Crippen molar-refractivity contribution in [2.24, 2.45) is 5.84 Å². The first-order valence-corrected chi connectivity index (χ1v) is 6.61. The molecule has 0 saturated carbocycles. The summed E-state index contributed by atoms with van der Waals surface area (Å²) in [5.41, 5.74) is 3.70. The van der Waals surface area contributed by atoms with Crippen molar-refractivity contribution >= 4 is 15.9 Å². The van der Waals surface area contributed by atoms with E-state index < -0.39 is 0 Å². The number of rotatable bonds is 5. The van der Waals surface area contributed by atoms with Crippen molar-refractivity contribution in [2.75, 3.05) is 0 Å². The maximum Gasteiger partial charge on any atom is 0.110 e. The molecule has 18 heavy (non-hydrogen) atoms. The van der Waals surface area contributed by atoms with Crippen molar-refractivity contribution in [3.63, 3.8) is 0 Å². The quantitative estimate of drug-likeness (QED) is 0.653. The zero-order valence-electron chi connectivity index (χ0n) is 10.2. The third-order valence-electron chi connectivity index (χ3n) is 2.84. The van der Waals surface area contributed by atoms with Crippen LogP contribution in [0.3, 0.4) is 0 Å². The van der Waals surface area contributed by atoms with Crippen LogP contribution >= 0.6 is 15.9 Å². The molecular formula is C12H16BrN5. The number of aromatic nitrogens is 3. The molecule has 96 valence electrons. The molecule has 2 heterocycles. The van der Waals surface area contributed by atoms with Crippen LogP contribution in [0.4, 0.5) is 0 Å². The molecule has 0 bridgehead atoms. The van der Waals surface area contributed by atoms with Gasteiger partial charge in [-0.25, -0.2) is 4.98 Å². The van der Waals surface area contributed by atoms with E-state index in [4.69, 9.17) is 5.84 Å². The topological polar surface area (TPSA) is 68.8 Å². The van der Waals surface area contributed by atoms with Crippen molar-refractivity contribution in [1.82, 2.24) is 20.0 Å². The number of nitrogens with one attached hydrogen (secondary N) is 1. The minimum atomic E-state index is -0.0363. The molecule has 2 aromatic heterocycles. The van der Waals surface area contributed by atoms with Crippen molar-refractivity contribution in [3.05, 3.63) is 46.7 Å². The molecule has 0 spiro atoms. The summed E-state index contributed by atoms with van der Waals surface area (Å²) in [6, 6.07) is 3.87. The number of hydrogen-bond donors (Lipinski definition) is 2. The van der Waals surface area contributed by atoms with E-state index in [2.05, 4.69) is 42.8 Å². The van der Waals surface area contributed by atoms with E-state index in [-0.39, 0.29) is 6.04 Å². The number of hydrazine groups is 1. The maximum absolute atomic E-state index is 5.61. The Morgan fingerprint density at radius 1 is 1.44 bits per heavy atom. The Bertz CT molecular complexity index is 493. The van der Waals surface area contributed by atoms with Gasteiger partial charge in [-0.3, -0.25) is 16.3 Å². The third-order valence-corrected chi connectivity index (χ3v) is 3.31. The van der Waals surface area contributed by atoms with Crippen molar-refractivity contribution < 1.29 is 0 Å². The molecule has 0 fully saturated rings. The first-order valence-electron chi connectivity index (χ1n) is 5.82. The average Bonchev–Trinajstić information content (AvgIpc) is 2.84. The molecule has 5 nitrogen and oxygen atoms in total. The zero-order valence-corrected chi connectivity index (χ0v) is 11.8. The fourth-order valence-electron chi connectivity index (χ4n) is 1.84. The highest BCUT2D eigenvalue weighted by Crippen LogP contribution is 2.17. The Labute approximate surface area is 115 Å². The normalized spacial score (nSPS) is 12.6. The van der Waals surface area contributed by atoms with E-state index in [1.54, 1.807) is 12.4 Å². The van der Waals surface area contributed by atoms with E-state index >= 15 is 0 Å². The Morgan fingerprint density at radius 3 is 2.89 bits per heavy atom. The Morgan fingerprint density at radius 2 is 2.28 bits per heavy atom. The van der Waals surface area contributed by atoms with Crippen LogP contribution in [0.2, 0.25) is 0 Å². The molecule has 2 rings (SSSR count). The molecule has 1 atom stereocenters. The summed E-state index contributed by atoms with van der Waals surface area (Å²) in [6.45, 7) is 2.99. The lowest BCUT2D eigenvalue weighted by atomic mass is 10.1. The molecule has 0 radical (unpaired) electrons. The molecule has 0 aromatic carbocycles. The van der Waals surface area contributed by atoms with E-state index in [1.807, 2.05) is 18.3 Å². The Kier molecular flexibility index (Phi) is 4.46. The second-order valence-electron chi connectivity index (χ2n) is 3.95. The highest BCUT2D eigenvalue weighted by molar-refractivity contribution is 9.10. The van der Waals surface area contributed by atoms with Crippen molar-refractivity contribution in [1.29, 1.82) is 0 Å². The molecule has 0 aliphatic rings. The maximum atomic E-state index is 5.61. The van der Waals surface area contributed by atoms with E-state index in [1.165, 1.54) is 0 Å². The molecule has 3 N–H and O–H groups in total. The molecule has 2 aromatic rings. The third kappa shape index (κ3) is 2.95. The predicted molar refractivity (Wildman–Crippen MR) is 73.6 cm³/mol. The predicted octanol–water partition coefficient (Wildman–Crippen LogP) is 1.81. The van der Waals surface area contributed by atoms with Crippen LogP contribution in [0.25, 0.3) is 0 Å². The van der Waals surface area contributed by atoms with Crippen molar-refractivity contribution in [3.8, 4) is 0 Å². The molecule has 0 amide bonds. The lowest BCUT2D eigenvalue weighted by Crippen LogP contribution is -2.31. The number of aryl methyl sites for hydroxylation is 1. The highest BCUT2D eigenvalue weighted by atomic mass is 79.9. The van der Waals surface area contributed by atoms with Gasteiger partial charge in [0, 0.05) is 36.0 Å². The molecular weight excluding hydrogens is 294 g/mol. The second-order valence-corrected chi connectivity index (χ2v) is 4.87. The summed E-state index contributed by atoms with van der Waals surface area (Å²) in [5.74, 6) is 6.62. The van der Waals surface area contributed by atoms with E-state index in [0.29, 0.717) is 6.42 Å². The summed E-state index contributed by atoms with van der Waals surface area (Å²) >= 11 is 3.37. The minimum Gasteiger partial charge on any atom is -0.335 e. The van der Waals surface area contributed by atoms with Gasteiger partial charge in [0.1, 0.15) is 5.82 Å². The molecule has 0 saturated heterocycles. The van der Waals surface area contributed by atoms with Crippen LogP contribution in [0.15, 0.2) is 35.2 Å². The summed E-state index contributed by atoms with van der Waals surface area (Å²) in [4.78, 5) is 8.71. The largest absolute Gasteiger partial charge is 0.335 e. The number of pyridine rings is 1. The second kappa shape index (κ2) is 6.08. The van der Waals surface area contributed by atoms with Crippen molar-refractivity contribution in [2.45, 2.75) is 25.9 Å². The van der Waals surface area contributed by atoms with Crippen LogP contribution in [0.1, 0.15) is 24.5 Å². The Balaban J connectivity index is 2.17. The van der Waals surface area contributed by atoms with Gasteiger partial charge in [-0.2, -0.15) is 0 Å². The minimum absolute atomic E-state index is 0.0363. The van der Waals surface area contributed by atoms with Gasteiger partial charge in [0.05, 0.1) is 11.7 Å². The van der Waals surface area contributed by atoms with Gasteiger partial charge >= 0.3 is 0 Å². The van der Waals surface area contributed by atoms with Gasteiger partial charge in [0.25, 0.3) is 0 Å². The fourth-order valence-corrected chi connectivity index (χ4v) is 2.08. The van der Waals surface area contributed by atoms with Gasteiger partial charge in [0.15, 0.2) is 0 Å². The van der Waals surface area contributed by atoms with Gasteiger partial charge in [-0.05, 0) is 35.0 Å². The molecule has 0 aliphatic heterocycles. The molecule has 6 heteroatoms. The number of nitrogens with two attached hydrogens (primary N) is 1.